The molecule has 0 fully saturated rings. The molecule has 0 radical (unpaired) electrons. The highest BCUT2D eigenvalue weighted by Crippen LogP contribution is 2.24. The lowest BCUT2D eigenvalue weighted by molar-refractivity contribution is 0.512. The van der Waals surface area contributed by atoms with E-state index in [4.69, 9.17) is 4.42 Å². The van der Waals surface area contributed by atoms with Gasteiger partial charge in [-0.05, 0) is 42.0 Å². The van der Waals surface area contributed by atoms with E-state index >= 15 is 0 Å². The highest BCUT2D eigenvalue weighted by atomic mass is 16.3. The first-order valence-electron chi connectivity index (χ1n) is 7.85. The molecule has 0 saturated carbocycles. The molecular weight excluding hydrogens is 258 g/mol. The molecule has 114 valence electrons. The molecule has 1 aromatic carbocycles. The summed E-state index contributed by atoms with van der Waals surface area (Å²) in [5.74, 6) is 0. The first-order valence-corrected chi connectivity index (χ1v) is 7.85. The van der Waals surface area contributed by atoms with Crippen LogP contribution in [0, 0.1) is 0 Å². The number of benzene rings is 1. The van der Waals surface area contributed by atoms with E-state index < -0.39 is 0 Å². The maximum Gasteiger partial charge on any atom is 0.0950 e. The van der Waals surface area contributed by atoms with Gasteiger partial charge in [0.15, 0.2) is 0 Å². The molecule has 1 aromatic heterocycles. The first kappa shape index (κ1) is 15.8. The molecule has 2 heteroatoms. The Kier molecular flexibility index (Phi) is 5.24. The monoisotopic (exact) mass is 285 g/mol. The molecular formula is C19H27NO. The third-order valence-electron chi connectivity index (χ3n) is 3.85. The number of nitrogens with one attached hydrogen (secondary N) is 1. The largest absolute Gasteiger partial charge is 0.472 e. The van der Waals surface area contributed by atoms with Crippen LogP contribution < -0.4 is 5.32 Å². The summed E-state index contributed by atoms with van der Waals surface area (Å²) >= 11 is 0. The van der Waals surface area contributed by atoms with Crippen molar-refractivity contribution in [3.8, 4) is 0 Å². The van der Waals surface area contributed by atoms with Crippen molar-refractivity contribution in [2.75, 3.05) is 6.54 Å². The number of hydrogen-bond acceptors (Lipinski definition) is 2. The van der Waals surface area contributed by atoms with Gasteiger partial charge in [-0.3, -0.25) is 0 Å². The minimum atomic E-state index is 0.211. The van der Waals surface area contributed by atoms with Crippen molar-refractivity contribution in [2.45, 2.75) is 52.0 Å². The lowest BCUT2D eigenvalue weighted by atomic mass is 9.86. The second-order valence-corrected chi connectivity index (χ2v) is 6.71. The molecule has 1 atom stereocenters. The van der Waals surface area contributed by atoms with Crippen LogP contribution >= 0.6 is 0 Å². The summed E-state index contributed by atoms with van der Waals surface area (Å²) in [4.78, 5) is 0. The topological polar surface area (TPSA) is 25.2 Å². The van der Waals surface area contributed by atoms with Gasteiger partial charge < -0.3 is 9.73 Å². The zero-order chi connectivity index (χ0) is 15.3. The Labute approximate surface area is 128 Å². The Hall–Kier alpha value is -1.54. The van der Waals surface area contributed by atoms with Crippen LogP contribution in [-0.4, -0.2) is 6.54 Å². The smallest absolute Gasteiger partial charge is 0.0950 e. The van der Waals surface area contributed by atoms with E-state index in [0.717, 1.165) is 19.4 Å². The Balaban J connectivity index is 2.09. The highest BCUT2D eigenvalue weighted by molar-refractivity contribution is 5.29. The van der Waals surface area contributed by atoms with Gasteiger partial charge in [0.1, 0.15) is 0 Å². The molecule has 1 N–H and O–H groups in total. The quantitative estimate of drug-likeness (QED) is 0.820. The number of hydrogen-bond donors (Lipinski definition) is 1. The Morgan fingerprint density at radius 3 is 2.33 bits per heavy atom. The van der Waals surface area contributed by atoms with E-state index in [-0.39, 0.29) is 5.41 Å². The second kappa shape index (κ2) is 6.95. The van der Waals surface area contributed by atoms with Gasteiger partial charge in [0.2, 0.25) is 0 Å². The van der Waals surface area contributed by atoms with Crippen molar-refractivity contribution in [3.63, 3.8) is 0 Å². The molecule has 21 heavy (non-hydrogen) atoms. The van der Waals surface area contributed by atoms with Crippen molar-refractivity contribution < 1.29 is 4.42 Å². The molecule has 0 saturated heterocycles. The van der Waals surface area contributed by atoms with Crippen LogP contribution in [0.1, 0.15) is 56.8 Å². The SMILES string of the molecule is CCCNC(Cc1ccc(C(C)(C)C)cc1)c1ccoc1. The number of rotatable bonds is 6. The van der Waals surface area contributed by atoms with Gasteiger partial charge in [-0.15, -0.1) is 0 Å². The molecule has 2 nitrogen and oxygen atoms in total. The van der Waals surface area contributed by atoms with Crippen molar-refractivity contribution in [2.24, 2.45) is 0 Å². The van der Waals surface area contributed by atoms with Crippen LogP contribution in [-0.2, 0) is 11.8 Å². The molecule has 0 aliphatic rings. The van der Waals surface area contributed by atoms with E-state index in [1.807, 2.05) is 6.26 Å². The van der Waals surface area contributed by atoms with E-state index in [1.165, 1.54) is 16.7 Å². The Morgan fingerprint density at radius 2 is 1.81 bits per heavy atom. The summed E-state index contributed by atoms with van der Waals surface area (Å²) in [6, 6.07) is 11.4. The predicted molar refractivity (Wildman–Crippen MR) is 88.6 cm³/mol. The van der Waals surface area contributed by atoms with Gasteiger partial charge in [-0.25, -0.2) is 0 Å². The number of furan rings is 1. The predicted octanol–water partition coefficient (Wildman–Crippen LogP) is 4.86. The van der Waals surface area contributed by atoms with Crippen LogP contribution in [0.4, 0.5) is 0 Å². The van der Waals surface area contributed by atoms with Gasteiger partial charge in [-0.1, -0.05) is 52.0 Å². The Morgan fingerprint density at radius 1 is 1.10 bits per heavy atom. The summed E-state index contributed by atoms with van der Waals surface area (Å²) < 4.78 is 5.24. The first-order chi connectivity index (χ1) is 10.0. The van der Waals surface area contributed by atoms with E-state index in [0.29, 0.717) is 6.04 Å². The fourth-order valence-corrected chi connectivity index (χ4v) is 2.48. The molecule has 1 unspecified atom stereocenters. The molecule has 0 aliphatic heterocycles. The summed E-state index contributed by atoms with van der Waals surface area (Å²) in [5.41, 5.74) is 4.18. The highest BCUT2D eigenvalue weighted by Gasteiger charge is 2.15. The van der Waals surface area contributed by atoms with Crippen molar-refractivity contribution >= 4 is 0 Å². The molecule has 0 aliphatic carbocycles. The average molecular weight is 285 g/mol. The van der Waals surface area contributed by atoms with Crippen molar-refractivity contribution in [3.05, 3.63) is 59.5 Å². The molecule has 0 amide bonds. The third-order valence-corrected chi connectivity index (χ3v) is 3.85. The zero-order valence-electron chi connectivity index (χ0n) is 13.6. The summed E-state index contributed by atoms with van der Waals surface area (Å²) in [7, 11) is 0. The van der Waals surface area contributed by atoms with Crippen LogP contribution in [0.3, 0.4) is 0 Å². The minimum absolute atomic E-state index is 0.211. The van der Waals surface area contributed by atoms with E-state index in [2.05, 4.69) is 63.3 Å². The van der Waals surface area contributed by atoms with Gasteiger partial charge >= 0.3 is 0 Å². The molecule has 1 heterocycles. The molecule has 0 spiro atoms. The maximum atomic E-state index is 5.24. The second-order valence-electron chi connectivity index (χ2n) is 6.71. The summed E-state index contributed by atoms with van der Waals surface area (Å²) in [6.07, 6.45) is 5.72. The summed E-state index contributed by atoms with van der Waals surface area (Å²) in [5, 5.41) is 3.61. The van der Waals surface area contributed by atoms with E-state index in [1.54, 1.807) is 6.26 Å². The fourth-order valence-electron chi connectivity index (χ4n) is 2.48. The maximum absolute atomic E-state index is 5.24. The molecule has 0 bridgehead atoms. The van der Waals surface area contributed by atoms with Crippen LogP contribution in [0.5, 0.6) is 0 Å². The van der Waals surface area contributed by atoms with Gasteiger partial charge in [0, 0.05) is 11.6 Å². The average Bonchev–Trinajstić information content (AvgIpc) is 2.97. The van der Waals surface area contributed by atoms with Crippen molar-refractivity contribution in [1.29, 1.82) is 0 Å². The standard InChI is InChI=1S/C19H27NO/c1-5-11-20-18(16-10-12-21-14-16)13-15-6-8-17(9-7-15)19(2,3)4/h6-10,12,14,18,20H,5,11,13H2,1-4H3. The summed E-state index contributed by atoms with van der Waals surface area (Å²) in [6.45, 7) is 9.96. The van der Waals surface area contributed by atoms with Crippen LogP contribution in [0.2, 0.25) is 0 Å². The van der Waals surface area contributed by atoms with Crippen LogP contribution in [0.15, 0.2) is 47.3 Å². The molecule has 2 aromatic rings. The van der Waals surface area contributed by atoms with Crippen LogP contribution in [0.25, 0.3) is 0 Å². The van der Waals surface area contributed by atoms with E-state index in [9.17, 15) is 0 Å². The lowest BCUT2D eigenvalue weighted by Gasteiger charge is -2.21. The minimum Gasteiger partial charge on any atom is -0.472 e. The third kappa shape index (κ3) is 4.47. The fraction of sp³-hybridized carbons (Fsp3) is 0.474. The zero-order valence-corrected chi connectivity index (χ0v) is 13.6. The van der Waals surface area contributed by atoms with Gasteiger partial charge in [-0.2, -0.15) is 0 Å². The van der Waals surface area contributed by atoms with Crippen molar-refractivity contribution in [1.82, 2.24) is 5.32 Å². The normalized spacial score (nSPS) is 13.3. The van der Waals surface area contributed by atoms with Gasteiger partial charge in [0.25, 0.3) is 0 Å². The van der Waals surface area contributed by atoms with Gasteiger partial charge in [0.05, 0.1) is 12.5 Å². The molecule has 2 rings (SSSR count). The lowest BCUT2D eigenvalue weighted by Crippen LogP contribution is -2.23. The Bertz CT molecular complexity index is 520.